The number of rotatable bonds is 6. The van der Waals surface area contributed by atoms with E-state index in [1.54, 1.807) is 11.1 Å². The summed E-state index contributed by atoms with van der Waals surface area (Å²) in [5, 5.41) is 5.29. The van der Waals surface area contributed by atoms with Crippen LogP contribution in [0.3, 0.4) is 0 Å². The van der Waals surface area contributed by atoms with Gasteiger partial charge < -0.3 is 0 Å². The molecule has 4 fully saturated rings. The van der Waals surface area contributed by atoms with Crippen LogP contribution in [0.15, 0.2) is 206 Å². The van der Waals surface area contributed by atoms with E-state index in [-0.39, 0.29) is 5.41 Å². The van der Waals surface area contributed by atoms with E-state index in [9.17, 15) is 0 Å². The van der Waals surface area contributed by atoms with Gasteiger partial charge in [-0.1, -0.05) is 182 Å². The first-order valence-corrected chi connectivity index (χ1v) is 24.1. The second kappa shape index (κ2) is 14.8. The lowest BCUT2D eigenvalue weighted by atomic mass is 9.43. The molecule has 2 nitrogen and oxygen atoms in total. The standard InChI is InChI=1S/C64H48N2/c1-3-13-42(14-4-1)46-19-11-20-49(36-46)61-39-60(65-63(66-61)45-15-5-2-6-16-45)44-27-25-43(26-28-44)52-29-30-55(54-22-10-9-21-53(52)54)56-23-12-24-58-62(56)57-37-47-17-7-8-18-48(47)38-59(57)64(58)50-32-40-31-41(34-50)35-51(64)33-40/h1-30,36-41,50-51H,31-35H2. The van der Waals surface area contributed by atoms with Crippen molar-refractivity contribution in [3.05, 3.63) is 217 Å². The Labute approximate surface area is 386 Å². The molecule has 4 bridgehead atoms. The minimum Gasteiger partial charge on any atom is -0.228 e. The third-order valence-corrected chi connectivity index (χ3v) is 16.3. The quantitative estimate of drug-likeness (QED) is 0.167. The lowest BCUT2D eigenvalue weighted by molar-refractivity contribution is -0.0398. The number of hydrogen-bond acceptors (Lipinski definition) is 2. The summed E-state index contributed by atoms with van der Waals surface area (Å²) in [7, 11) is 0. The molecule has 314 valence electrons. The van der Waals surface area contributed by atoms with E-state index in [4.69, 9.17) is 9.97 Å². The molecule has 5 aliphatic rings. The van der Waals surface area contributed by atoms with Crippen LogP contribution in [0.4, 0.5) is 0 Å². The van der Waals surface area contributed by atoms with E-state index in [0.717, 1.165) is 57.6 Å². The van der Waals surface area contributed by atoms with Crippen molar-refractivity contribution in [3.63, 3.8) is 0 Å². The topological polar surface area (TPSA) is 25.8 Å². The van der Waals surface area contributed by atoms with Crippen molar-refractivity contribution in [2.75, 3.05) is 0 Å². The van der Waals surface area contributed by atoms with Crippen molar-refractivity contribution >= 4 is 21.5 Å². The molecule has 10 aromatic rings. The normalized spacial score (nSPS) is 21.1. The van der Waals surface area contributed by atoms with Crippen LogP contribution < -0.4 is 0 Å². The zero-order chi connectivity index (χ0) is 43.3. The van der Waals surface area contributed by atoms with Crippen molar-refractivity contribution < 1.29 is 0 Å². The molecule has 0 aliphatic heterocycles. The highest BCUT2D eigenvalue weighted by atomic mass is 14.9. The zero-order valence-corrected chi connectivity index (χ0v) is 36.9. The molecule has 9 aromatic carbocycles. The minimum atomic E-state index is 0.105. The Morgan fingerprint density at radius 3 is 1.62 bits per heavy atom. The van der Waals surface area contributed by atoms with Crippen molar-refractivity contribution in [3.8, 4) is 78.4 Å². The average molecular weight is 845 g/mol. The van der Waals surface area contributed by atoms with Crippen LogP contribution in [0.5, 0.6) is 0 Å². The fourth-order valence-corrected chi connectivity index (χ4v) is 13.7. The maximum atomic E-state index is 5.18. The number of benzene rings is 9. The van der Waals surface area contributed by atoms with Crippen LogP contribution in [0.1, 0.15) is 43.2 Å². The van der Waals surface area contributed by atoms with Crippen LogP contribution in [0, 0.1) is 23.7 Å². The number of aromatic nitrogens is 2. The first-order chi connectivity index (χ1) is 32.7. The van der Waals surface area contributed by atoms with Gasteiger partial charge in [-0.15, -0.1) is 0 Å². The summed E-state index contributed by atoms with van der Waals surface area (Å²) in [6.45, 7) is 0. The van der Waals surface area contributed by atoms with Crippen LogP contribution in [0.25, 0.3) is 100.0 Å². The largest absolute Gasteiger partial charge is 0.228 e. The second-order valence-corrected chi connectivity index (χ2v) is 19.7. The summed E-state index contributed by atoms with van der Waals surface area (Å²) in [5.41, 5.74) is 18.7. The van der Waals surface area contributed by atoms with Gasteiger partial charge in [-0.05, 0) is 157 Å². The Balaban J connectivity index is 0.875. The molecule has 0 saturated heterocycles. The minimum absolute atomic E-state index is 0.105. The first-order valence-electron chi connectivity index (χ1n) is 24.1. The molecule has 0 atom stereocenters. The van der Waals surface area contributed by atoms with E-state index < -0.39 is 0 Å². The molecule has 5 aliphatic carbocycles. The van der Waals surface area contributed by atoms with E-state index in [0.29, 0.717) is 0 Å². The molecule has 0 radical (unpaired) electrons. The van der Waals surface area contributed by atoms with Crippen LogP contribution >= 0.6 is 0 Å². The zero-order valence-electron chi connectivity index (χ0n) is 36.9. The SMILES string of the molecule is c1ccc(-c2cccc(-c3cc(-c4ccc(-c5ccc(-c6cccc7c6-c6cc8ccccc8cc6C76C7CC8CC(C7)CC6C8)c6ccccc56)cc4)nc(-c4ccccc4)n3)c2)cc1. The smallest absolute Gasteiger partial charge is 0.160 e. The molecular formula is C64H48N2. The molecule has 1 aromatic heterocycles. The molecule has 0 N–H and O–H groups in total. The summed E-state index contributed by atoms with van der Waals surface area (Å²) in [6, 6.07) is 76.1. The van der Waals surface area contributed by atoms with Crippen LogP contribution in [-0.2, 0) is 5.41 Å². The summed E-state index contributed by atoms with van der Waals surface area (Å²) in [6.07, 6.45) is 7.00. The fourth-order valence-electron chi connectivity index (χ4n) is 13.7. The molecule has 66 heavy (non-hydrogen) atoms. The molecular weight excluding hydrogens is 797 g/mol. The maximum absolute atomic E-state index is 5.18. The summed E-state index contributed by atoms with van der Waals surface area (Å²) in [4.78, 5) is 10.3. The van der Waals surface area contributed by atoms with Gasteiger partial charge in [-0.3, -0.25) is 0 Å². The highest BCUT2D eigenvalue weighted by Gasteiger charge is 2.61. The lowest BCUT2D eigenvalue weighted by Crippen LogP contribution is -2.55. The third kappa shape index (κ3) is 5.80. The lowest BCUT2D eigenvalue weighted by Gasteiger charge is -2.61. The monoisotopic (exact) mass is 844 g/mol. The predicted octanol–water partition coefficient (Wildman–Crippen LogP) is 16.5. The molecule has 15 rings (SSSR count). The molecule has 1 heterocycles. The van der Waals surface area contributed by atoms with Crippen LogP contribution in [-0.4, -0.2) is 9.97 Å². The molecule has 1 spiro atoms. The number of hydrogen-bond donors (Lipinski definition) is 0. The predicted molar refractivity (Wildman–Crippen MR) is 273 cm³/mol. The van der Waals surface area contributed by atoms with E-state index >= 15 is 0 Å². The van der Waals surface area contributed by atoms with Gasteiger partial charge in [0.25, 0.3) is 0 Å². The molecule has 4 saturated carbocycles. The van der Waals surface area contributed by atoms with Gasteiger partial charge in [0.2, 0.25) is 0 Å². The highest BCUT2D eigenvalue weighted by molar-refractivity contribution is 6.09. The molecule has 0 unspecified atom stereocenters. The van der Waals surface area contributed by atoms with Gasteiger partial charge in [0.05, 0.1) is 11.4 Å². The summed E-state index contributed by atoms with van der Waals surface area (Å²) >= 11 is 0. The third-order valence-electron chi connectivity index (χ3n) is 16.3. The fraction of sp³-hybridized carbons (Fsp3) is 0.156. The van der Waals surface area contributed by atoms with Crippen molar-refractivity contribution in [1.82, 2.24) is 9.97 Å². The van der Waals surface area contributed by atoms with Crippen molar-refractivity contribution in [2.24, 2.45) is 23.7 Å². The van der Waals surface area contributed by atoms with Gasteiger partial charge in [-0.2, -0.15) is 0 Å². The Bertz CT molecular complexity index is 3500. The van der Waals surface area contributed by atoms with Gasteiger partial charge in [-0.25, -0.2) is 9.97 Å². The van der Waals surface area contributed by atoms with Gasteiger partial charge in [0, 0.05) is 22.1 Å². The van der Waals surface area contributed by atoms with Crippen LogP contribution in [0.2, 0.25) is 0 Å². The Hall–Kier alpha value is -7.42. The van der Waals surface area contributed by atoms with Gasteiger partial charge >= 0.3 is 0 Å². The first kappa shape index (κ1) is 37.9. The van der Waals surface area contributed by atoms with E-state index in [1.165, 1.54) is 98.2 Å². The number of fused-ring (bicyclic) bond motifs is 5. The highest BCUT2D eigenvalue weighted by Crippen LogP contribution is 2.70. The average Bonchev–Trinajstić information content (AvgIpc) is 3.66. The van der Waals surface area contributed by atoms with Crippen molar-refractivity contribution in [2.45, 2.75) is 37.5 Å². The Kier molecular flexibility index (Phi) is 8.50. The second-order valence-electron chi connectivity index (χ2n) is 19.7. The molecule has 0 amide bonds. The summed E-state index contributed by atoms with van der Waals surface area (Å²) < 4.78 is 0. The Morgan fingerprint density at radius 2 is 0.894 bits per heavy atom. The van der Waals surface area contributed by atoms with Gasteiger partial charge in [0.1, 0.15) is 0 Å². The number of nitrogens with zero attached hydrogens (tertiary/aromatic N) is 2. The van der Waals surface area contributed by atoms with E-state index in [1.807, 2.05) is 6.07 Å². The van der Waals surface area contributed by atoms with Gasteiger partial charge in [0.15, 0.2) is 5.82 Å². The maximum Gasteiger partial charge on any atom is 0.160 e. The van der Waals surface area contributed by atoms with E-state index in [2.05, 4.69) is 200 Å². The summed E-state index contributed by atoms with van der Waals surface area (Å²) in [5.74, 6) is 3.98. The molecule has 2 heteroatoms. The van der Waals surface area contributed by atoms with Crippen molar-refractivity contribution in [1.29, 1.82) is 0 Å². The Morgan fingerprint density at radius 1 is 0.333 bits per heavy atom.